The fourth-order valence-corrected chi connectivity index (χ4v) is 2.17. The molecule has 21 heavy (non-hydrogen) atoms. The van der Waals surface area contributed by atoms with Crippen LogP contribution in [0.5, 0.6) is 0 Å². The summed E-state index contributed by atoms with van der Waals surface area (Å²) >= 11 is 11.8. The number of halogens is 2. The molecule has 0 aliphatic rings. The predicted octanol–water partition coefficient (Wildman–Crippen LogP) is 3.49. The third-order valence-corrected chi connectivity index (χ3v) is 3.64. The van der Waals surface area contributed by atoms with Gasteiger partial charge in [-0.2, -0.15) is 5.10 Å². The topological polar surface area (TPSA) is 101 Å². The third-order valence-electron chi connectivity index (χ3n) is 2.84. The monoisotopic (exact) mass is 328 g/mol. The van der Waals surface area contributed by atoms with Gasteiger partial charge in [0, 0.05) is 12.1 Å². The lowest BCUT2D eigenvalue weighted by Gasteiger charge is -2.08. The normalized spacial score (nSPS) is 10.5. The Morgan fingerprint density at radius 3 is 2.57 bits per heavy atom. The van der Waals surface area contributed by atoms with E-state index in [-0.39, 0.29) is 21.3 Å². The molecular formula is C12H10Cl2N4O3. The first kappa shape index (κ1) is 15.3. The van der Waals surface area contributed by atoms with Gasteiger partial charge in [0.1, 0.15) is 0 Å². The largest absolute Gasteiger partial charge is 0.319 e. The molecule has 0 aliphatic carbocycles. The molecule has 2 N–H and O–H groups in total. The molecule has 0 bridgehead atoms. The van der Waals surface area contributed by atoms with Crippen molar-refractivity contribution in [2.45, 2.75) is 13.8 Å². The zero-order valence-electron chi connectivity index (χ0n) is 11.0. The average Bonchev–Trinajstić information content (AvgIpc) is 2.73. The highest BCUT2D eigenvalue weighted by atomic mass is 35.5. The Bertz CT molecular complexity index is 723. The second-order valence-electron chi connectivity index (χ2n) is 4.31. The lowest BCUT2D eigenvalue weighted by Crippen LogP contribution is -2.14. The number of carbonyl (C=O) groups is 1. The van der Waals surface area contributed by atoms with Gasteiger partial charge in [0.25, 0.3) is 11.6 Å². The quantitative estimate of drug-likeness (QED) is 0.665. The molecule has 0 fully saturated rings. The number of nitro benzene ring substituents is 1. The van der Waals surface area contributed by atoms with Gasteiger partial charge in [0.15, 0.2) is 0 Å². The summed E-state index contributed by atoms with van der Waals surface area (Å²) in [7, 11) is 0. The molecule has 0 atom stereocenters. The number of aryl methyl sites for hydroxylation is 2. The van der Waals surface area contributed by atoms with Crippen LogP contribution in [-0.2, 0) is 0 Å². The van der Waals surface area contributed by atoms with Crippen molar-refractivity contribution in [3.63, 3.8) is 0 Å². The first-order valence-corrected chi connectivity index (χ1v) is 6.53. The number of amides is 1. The van der Waals surface area contributed by atoms with E-state index in [4.69, 9.17) is 23.2 Å². The van der Waals surface area contributed by atoms with Crippen molar-refractivity contribution >= 4 is 40.5 Å². The number of carbonyl (C=O) groups excluding carboxylic acids is 1. The summed E-state index contributed by atoms with van der Waals surface area (Å²) in [6.07, 6.45) is 0. The molecule has 7 nitrogen and oxygen atoms in total. The van der Waals surface area contributed by atoms with Crippen molar-refractivity contribution < 1.29 is 9.72 Å². The van der Waals surface area contributed by atoms with E-state index in [2.05, 4.69) is 15.5 Å². The van der Waals surface area contributed by atoms with Crippen LogP contribution in [0.15, 0.2) is 12.1 Å². The first-order valence-electron chi connectivity index (χ1n) is 5.77. The molecule has 0 spiro atoms. The standard InChI is InChI=1S/C12H10Cl2N4O3/c1-5-11(6(2)17-16-5)15-12(19)8-3-7(18(20)21)4-9(13)10(8)14/h3-4H,1-2H3,(H,15,19)(H,16,17). The summed E-state index contributed by atoms with van der Waals surface area (Å²) in [6, 6.07) is 2.17. The van der Waals surface area contributed by atoms with Crippen LogP contribution in [0.3, 0.4) is 0 Å². The summed E-state index contributed by atoms with van der Waals surface area (Å²) in [5.74, 6) is -0.599. The van der Waals surface area contributed by atoms with E-state index in [1.165, 1.54) is 0 Å². The lowest BCUT2D eigenvalue weighted by molar-refractivity contribution is -0.384. The van der Waals surface area contributed by atoms with E-state index in [9.17, 15) is 14.9 Å². The number of nitrogens with zero attached hydrogens (tertiary/aromatic N) is 2. The molecule has 0 saturated carbocycles. The van der Waals surface area contributed by atoms with Crippen molar-refractivity contribution in [1.82, 2.24) is 10.2 Å². The minimum absolute atomic E-state index is 0.0430. The fourth-order valence-electron chi connectivity index (χ4n) is 1.76. The van der Waals surface area contributed by atoms with E-state index in [0.717, 1.165) is 12.1 Å². The summed E-state index contributed by atoms with van der Waals surface area (Å²) < 4.78 is 0. The highest BCUT2D eigenvalue weighted by Crippen LogP contribution is 2.31. The number of benzene rings is 1. The molecule has 1 aromatic heterocycles. The van der Waals surface area contributed by atoms with Crippen molar-refractivity contribution in [2.75, 3.05) is 5.32 Å². The molecule has 0 aliphatic heterocycles. The molecule has 2 aromatic rings. The minimum Gasteiger partial charge on any atom is -0.319 e. The van der Waals surface area contributed by atoms with Crippen LogP contribution in [0.4, 0.5) is 11.4 Å². The molecule has 1 heterocycles. The highest BCUT2D eigenvalue weighted by molar-refractivity contribution is 6.44. The minimum atomic E-state index is -0.645. The van der Waals surface area contributed by atoms with Crippen LogP contribution < -0.4 is 5.32 Å². The molecule has 110 valence electrons. The Morgan fingerprint density at radius 1 is 1.38 bits per heavy atom. The smallest absolute Gasteiger partial charge is 0.271 e. The SMILES string of the molecule is Cc1n[nH]c(C)c1NC(=O)c1cc([N+](=O)[O-])cc(Cl)c1Cl. The highest BCUT2D eigenvalue weighted by Gasteiger charge is 2.21. The average molecular weight is 329 g/mol. The van der Waals surface area contributed by atoms with Crippen LogP contribution in [0.25, 0.3) is 0 Å². The van der Waals surface area contributed by atoms with E-state index in [1.54, 1.807) is 13.8 Å². The van der Waals surface area contributed by atoms with Crippen LogP contribution in [0.1, 0.15) is 21.7 Å². The van der Waals surface area contributed by atoms with Crippen LogP contribution in [0, 0.1) is 24.0 Å². The van der Waals surface area contributed by atoms with Gasteiger partial charge in [-0.3, -0.25) is 20.0 Å². The maximum Gasteiger partial charge on any atom is 0.271 e. The Morgan fingerprint density at radius 2 is 2.05 bits per heavy atom. The van der Waals surface area contributed by atoms with E-state index in [0.29, 0.717) is 17.1 Å². The van der Waals surface area contributed by atoms with Crippen LogP contribution in [0.2, 0.25) is 10.0 Å². The number of aromatic nitrogens is 2. The molecule has 0 saturated heterocycles. The van der Waals surface area contributed by atoms with Gasteiger partial charge in [-0.25, -0.2) is 0 Å². The maximum atomic E-state index is 12.2. The third kappa shape index (κ3) is 2.98. The van der Waals surface area contributed by atoms with E-state index in [1.807, 2.05) is 0 Å². The number of rotatable bonds is 3. The molecule has 0 radical (unpaired) electrons. The molecule has 0 unspecified atom stereocenters. The van der Waals surface area contributed by atoms with Gasteiger partial charge < -0.3 is 5.32 Å². The number of hydrogen-bond donors (Lipinski definition) is 2. The summed E-state index contributed by atoms with van der Waals surface area (Å²) in [4.78, 5) is 22.4. The molecular weight excluding hydrogens is 319 g/mol. The van der Waals surface area contributed by atoms with Crippen LogP contribution in [-0.4, -0.2) is 21.0 Å². The number of non-ortho nitro benzene ring substituents is 1. The number of nitrogens with one attached hydrogen (secondary N) is 2. The maximum absolute atomic E-state index is 12.2. The van der Waals surface area contributed by atoms with Crippen molar-refractivity contribution in [3.8, 4) is 0 Å². The van der Waals surface area contributed by atoms with Gasteiger partial charge in [-0.05, 0) is 13.8 Å². The number of nitro groups is 1. The Balaban J connectivity index is 2.42. The Labute approximate surface area is 129 Å². The van der Waals surface area contributed by atoms with Gasteiger partial charge in [0.2, 0.25) is 0 Å². The van der Waals surface area contributed by atoms with Crippen molar-refractivity contribution in [3.05, 3.63) is 49.2 Å². The fraction of sp³-hybridized carbons (Fsp3) is 0.167. The zero-order valence-corrected chi connectivity index (χ0v) is 12.5. The molecule has 9 heteroatoms. The molecule has 2 rings (SSSR count). The summed E-state index contributed by atoms with van der Waals surface area (Å²) in [6.45, 7) is 3.44. The second kappa shape index (κ2) is 5.71. The Hall–Kier alpha value is -2.12. The lowest BCUT2D eigenvalue weighted by atomic mass is 10.1. The number of aromatic amines is 1. The second-order valence-corrected chi connectivity index (χ2v) is 5.09. The van der Waals surface area contributed by atoms with Gasteiger partial charge in [-0.15, -0.1) is 0 Å². The molecule has 1 aromatic carbocycles. The predicted molar refractivity (Wildman–Crippen MR) is 79.1 cm³/mol. The number of anilines is 1. The number of hydrogen-bond acceptors (Lipinski definition) is 4. The number of H-pyrrole nitrogens is 1. The Kier molecular flexibility index (Phi) is 4.15. The van der Waals surface area contributed by atoms with Crippen molar-refractivity contribution in [1.29, 1.82) is 0 Å². The zero-order chi connectivity index (χ0) is 15.7. The van der Waals surface area contributed by atoms with Crippen LogP contribution >= 0.6 is 23.2 Å². The van der Waals surface area contributed by atoms with Gasteiger partial charge in [-0.1, -0.05) is 23.2 Å². The van der Waals surface area contributed by atoms with Crippen molar-refractivity contribution in [2.24, 2.45) is 0 Å². The van der Waals surface area contributed by atoms with Gasteiger partial charge >= 0.3 is 0 Å². The van der Waals surface area contributed by atoms with E-state index < -0.39 is 10.8 Å². The molecule has 1 amide bonds. The summed E-state index contributed by atoms with van der Waals surface area (Å²) in [5.41, 5.74) is 1.37. The first-order chi connectivity index (χ1) is 9.81. The van der Waals surface area contributed by atoms with E-state index >= 15 is 0 Å². The summed E-state index contributed by atoms with van der Waals surface area (Å²) in [5, 5.41) is 20.0. The van der Waals surface area contributed by atoms with Gasteiger partial charge in [0.05, 0.1) is 37.6 Å².